The number of nitrogens with zero attached hydrogens (tertiary/aromatic N) is 2. The molecule has 0 saturated heterocycles. The lowest BCUT2D eigenvalue weighted by molar-refractivity contribution is 0.601. The molecule has 2 aromatic heterocycles. The molecule has 18 heavy (non-hydrogen) atoms. The van der Waals surface area contributed by atoms with Crippen molar-refractivity contribution >= 4 is 11.3 Å². The Morgan fingerprint density at radius 2 is 2.22 bits per heavy atom. The van der Waals surface area contributed by atoms with Crippen molar-refractivity contribution in [2.75, 3.05) is 6.54 Å². The standard InChI is InChI=1S/C14H19N3S/c1-4-7-16-13(12-6-5-8-15-9-12)14-10(2)17-11(3)18-14/h5-6,8-9,13,16H,4,7H2,1-3H3. The molecule has 96 valence electrons. The van der Waals surface area contributed by atoms with Crippen molar-refractivity contribution in [3.05, 3.63) is 45.7 Å². The van der Waals surface area contributed by atoms with Gasteiger partial charge in [-0.2, -0.15) is 0 Å². The van der Waals surface area contributed by atoms with Gasteiger partial charge in [0.15, 0.2) is 0 Å². The van der Waals surface area contributed by atoms with Crippen molar-refractivity contribution in [3.63, 3.8) is 0 Å². The molecule has 2 heterocycles. The monoisotopic (exact) mass is 261 g/mol. The fraction of sp³-hybridized carbons (Fsp3) is 0.429. The van der Waals surface area contributed by atoms with Crippen LogP contribution in [-0.4, -0.2) is 16.5 Å². The molecule has 0 bridgehead atoms. The van der Waals surface area contributed by atoms with Gasteiger partial charge in [-0.1, -0.05) is 13.0 Å². The lowest BCUT2D eigenvalue weighted by Gasteiger charge is -2.17. The van der Waals surface area contributed by atoms with Crippen molar-refractivity contribution in [2.45, 2.75) is 33.2 Å². The fourth-order valence-electron chi connectivity index (χ4n) is 2.01. The van der Waals surface area contributed by atoms with Crippen molar-refractivity contribution in [1.29, 1.82) is 0 Å². The summed E-state index contributed by atoms with van der Waals surface area (Å²) < 4.78 is 0. The molecule has 3 nitrogen and oxygen atoms in total. The molecule has 1 atom stereocenters. The number of nitrogens with one attached hydrogen (secondary N) is 1. The van der Waals surface area contributed by atoms with Crippen LogP contribution in [0.2, 0.25) is 0 Å². The highest BCUT2D eigenvalue weighted by molar-refractivity contribution is 7.11. The average Bonchev–Trinajstić information content (AvgIpc) is 2.70. The molecule has 4 heteroatoms. The van der Waals surface area contributed by atoms with Gasteiger partial charge in [-0.3, -0.25) is 4.98 Å². The van der Waals surface area contributed by atoms with Crippen molar-refractivity contribution < 1.29 is 0 Å². The van der Waals surface area contributed by atoms with E-state index >= 15 is 0 Å². The van der Waals surface area contributed by atoms with Gasteiger partial charge in [-0.05, 0) is 38.4 Å². The van der Waals surface area contributed by atoms with Crippen LogP contribution in [0.5, 0.6) is 0 Å². The SMILES string of the molecule is CCCNC(c1cccnc1)c1sc(C)nc1C. The van der Waals surface area contributed by atoms with E-state index in [-0.39, 0.29) is 6.04 Å². The number of thiazole rings is 1. The predicted molar refractivity (Wildman–Crippen MR) is 76.0 cm³/mol. The van der Waals surface area contributed by atoms with Gasteiger partial charge in [-0.25, -0.2) is 4.98 Å². The van der Waals surface area contributed by atoms with E-state index in [1.807, 2.05) is 18.5 Å². The Balaban J connectivity index is 2.34. The summed E-state index contributed by atoms with van der Waals surface area (Å²) in [6.07, 6.45) is 4.86. The van der Waals surface area contributed by atoms with Crippen LogP contribution in [0, 0.1) is 13.8 Å². The Hall–Kier alpha value is -1.26. The molecule has 0 spiro atoms. The van der Waals surface area contributed by atoms with E-state index in [0.29, 0.717) is 0 Å². The van der Waals surface area contributed by atoms with Crippen LogP contribution in [0.4, 0.5) is 0 Å². The molecule has 0 aliphatic rings. The highest BCUT2D eigenvalue weighted by atomic mass is 32.1. The minimum atomic E-state index is 0.213. The highest BCUT2D eigenvalue weighted by Crippen LogP contribution is 2.29. The third-order valence-electron chi connectivity index (χ3n) is 2.82. The van der Waals surface area contributed by atoms with E-state index in [2.05, 4.69) is 42.1 Å². The highest BCUT2D eigenvalue weighted by Gasteiger charge is 2.18. The molecule has 0 aliphatic carbocycles. The Kier molecular flexibility index (Phi) is 4.44. The molecule has 0 amide bonds. The van der Waals surface area contributed by atoms with Crippen LogP contribution >= 0.6 is 11.3 Å². The lowest BCUT2D eigenvalue weighted by Crippen LogP contribution is -2.23. The maximum Gasteiger partial charge on any atom is 0.0900 e. The normalized spacial score (nSPS) is 12.6. The van der Waals surface area contributed by atoms with Gasteiger partial charge in [0.05, 0.1) is 16.7 Å². The molecule has 0 saturated carbocycles. The average molecular weight is 261 g/mol. The smallest absolute Gasteiger partial charge is 0.0900 e. The molecule has 0 radical (unpaired) electrons. The van der Waals surface area contributed by atoms with Gasteiger partial charge < -0.3 is 5.32 Å². The first-order chi connectivity index (χ1) is 8.72. The van der Waals surface area contributed by atoms with Crippen LogP contribution in [-0.2, 0) is 0 Å². The molecule has 0 aliphatic heterocycles. The second-order valence-electron chi connectivity index (χ2n) is 4.36. The van der Waals surface area contributed by atoms with Crippen LogP contribution in [0.1, 0.15) is 40.5 Å². The van der Waals surface area contributed by atoms with E-state index < -0.39 is 0 Å². The van der Waals surface area contributed by atoms with Gasteiger partial charge in [-0.15, -0.1) is 11.3 Å². The van der Waals surface area contributed by atoms with Gasteiger partial charge in [0.1, 0.15) is 0 Å². The largest absolute Gasteiger partial charge is 0.305 e. The molecular weight excluding hydrogens is 242 g/mol. The number of aromatic nitrogens is 2. The molecule has 0 fully saturated rings. The second-order valence-corrected chi connectivity index (χ2v) is 5.59. The first-order valence-electron chi connectivity index (χ1n) is 6.29. The van der Waals surface area contributed by atoms with E-state index in [0.717, 1.165) is 23.7 Å². The Bertz CT molecular complexity index is 493. The lowest BCUT2D eigenvalue weighted by atomic mass is 10.1. The van der Waals surface area contributed by atoms with E-state index in [9.17, 15) is 0 Å². The molecular formula is C14H19N3S. The summed E-state index contributed by atoms with van der Waals surface area (Å²) in [6, 6.07) is 4.32. The zero-order valence-electron chi connectivity index (χ0n) is 11.1. The van der Waals surface area contributed by atoms with E-state index in [1.54, 1.807) is 11.3 Å². The summed E-state index contributed by atoms with van der Waals surface area (Å²) in [5.41, 5.74) is 2.33. The topological polar surface area (TPSA) is 37.8 Å². The van der Waals surface area contributed by atoms with Gasteiger partial charge in [0.2, 0.25) is 0 Å². The summed E-state index contributed by atoms with van der Waals surface area (Å²) in [4.78, 5) is 10.0. The zero-order chi connectivity index (χ0) is 13.0. The number of rotatable bonds is 5. The maximum absolute atomic E-state index is 4.52. The summed E-state index contributed by atoms with van der Waals surface area (Å²) >= 11 is 1.77. The van der Waals surface area contributed by atoms with Crippen molar-refractivity contribution in [3.8, 4) is 0 Å². The first kappa shape index (κ1) is 13.2. The van der Waals surface area contributed by atoms with Crippen molar-refractivity contribution in [1.82, 2.24) is 15.3 Å². The molecule has 2 aromatic rings. The molecule has 0 aromatic carbocycles. The third-order valence-corrected chi connectivity index (χ3v) is 3.96. The van der Waals surface area contributed by atoms with Crippen LogP contribution < -0.4 is 5.32 Å². The quantitative estimate of drug-likeness (QED) is 0.898. The summed E-state index contributed by atoms with van der Waals surface area (Å²) in [6.45, 7) is 7.31. The van der Waals surface area contributed by atoms with E-state index in [4.69, 9.17) is 0 Å². The minimum Gasteiger partial charge on any atom is -0.305 e. The number of hydrogen-bond donors (Lipinski definition) is 1. The Morgan fingerprint density at radius 3 is 2.78 bits per heavy atom. The number of aryl methyl sites for hydroxylation is 2. The maximum atomic E-state index is 4.52. The van der Waals surface area contributed by atoms with Gasteiger partial charge in [0, 0.05) is 17.3 Å². The Labute approximate surface area is 112 Å². The van der Waals surface area contributed by atoms with Crippen LogP contribution in [0.15, 0.2) is 24.5 Å². The molecule has 1 unspecified atom stereocenters. The zero-order valence-corrected chi connectivity index (χ0v) is 11.9. The molecule has 2 rings (SSSR count). The summed E-state index contributed by atoms with van der Waals surface area (Å²) in [5, 5.41) is 4.71. The fourth-order valence-corrected chi connectivity index (χ4v) is 3.04. The molecule has 1 N–H and O–H groups in total. The van der Waals surface area contributed by atoms with Crippen LogP contribution in [0.25, 0.3) is 0 Å². The summed E-state index contributed by atoms with van der Waals surface area (Å²) in [5.74, 6) is 0. The number of hydrogen-bond acceptors (Lipinski definition) is 4. The van der Waals surface area contributed by atoms with Crippen LogP contribution in [0.3, 0.4) is 0 Å². The second kappa shape index (κ2) is 6.07. The minimum absolute atomic E-state index is 0.213. The van der Waals surface area contributed by atoms with Gasteiger partial charge >= 0.3 is 0 Å². The van der Waals surface area contributed by atoms with Gasteiger partial charge in [0.25, 0.3) is 0 Å². The summed E-state index contributed by atoms with van der Waals surface area (Å²) in [7, 11) is 0. The Morgan fingerprint density at radius 1 is 1.39 bits per heavy atom. The van der Waals surface area contributed by atoms with E-state index in [1.165, 1.54) is 10.4 Å². The van der Waals surface area contributed by atoms with Crippen molar-refractivity contribution in [2.24, 2.45) is 0 Å². The predicted octanol–water partition coefficient (Wildman–Crippen LogP) is 3.24. The number of pyridine rings is 1. The third kappa shape index (κ3) is 2.94. The first-order valence-corrected chi connectivity index (χ1v) is 7.11.